The Hall–Kier alpha value is -0.890. The number of aromatic nitrogens is 1. The van der Waals surface area contributed by atoms with Gasteiger partial charge in [0.25, 0.3) is 0 Å². The predicted octanol–water partition coefficient (Wildman–Crippen LogP) is 4.33. The second kappa shape index (κ2) is 5.11. The number of nitrogens with zero attached hydrogens (tertiary/aromatic N) is 1. The van der Waals surface area contributed by atoms with E-state index in [-0.39, 0.29) is 0 Å². The molecule has 1 nitrogen and oxygen atoms in total. The molecule has 1 aromatic carbocycles. The van der Waals surface area contributed by atoms with Crippen LogP contribution in [-0.4, -0.2) is 4.98 Å². The first-order valence-corrected chi connectivity index (χ1v) is 5.57. The number of rotatable bonds is 0. The largest absolute Gasteiger partial charge is 0.256 e. The molecule has 2 rings (SSSR count). The van der Waals surface area contributed by atoms with E-state index in [9.17, 15) is 0 Å². The number of aryl methyl sites for hydroxylation is 1. The van der Waals surface area contributed by atoms with E-state index >= 15 is 0 Å². The number of fused-ring (bicyclic) bond motifs is 1. The first kappa shape index (κ1) is 11.2. The third-order valence-corrected chi connectivity index (χ3v) is 2.41. The fourth-order valence-corrected chi connectivity index (χ4v) is 1.62. The normalized spacial score (nSPS) is 9.43. The molecule has 0 saturated heterocycles. The lowest BCUT2D eigenvalue weighted by atomic mass is 10.1. The summed E-state index contributed by atoms with van der Waals surface area (Å²) in [7, 11) is 0. The van der Waals surface area contributed by atoms with Crippen molar-refractivity contribution in [1.82, 2.24) is 4.98 Å². The van der Waals surface area contributed by atoms with Gasteiger partial charge in [0.15, 0.2) is 0 Å². The summed E-state index contributed by atoms with van der Waals surface area (Å²) in [5, 5.41) is 1.21. The molecule has 0 spiro atoms. The van der Waals surface area contributed by atoms with Crippen molar-refractivity contribution in [2.75, 3.05) is 0 Å². The van der Waals surface area contributed by atoms with Gasteiger partial charge in [0.05, 0.1) is 5.52 Å². The van der Waals surface area contributed by atoms with Crippen LogP contribution >= 0.6 is 15.9 Å². The molecule has 2 heteroatoms. The topological polar surface area (TPSA) is 12.9 Å². The van der Waals surface area contributed by atoms with Crippen molar-refractivity contribution in [2.45, 2.75) is 20.8 Å². The van der Waals surface area contributed by atoms with Crippen molar-refractivity contribution < 1.29 is 0 Å². The Morgan fingerprint density at radius 2 is 1.86 bits per heavy atom. The number of pyridine rings is 1. The highest BCUT2D eigenvalue weighted by atomic mass is 79.9. The standard InChI is InChI=1S/C10H8BrN.C2H6/c1-7-4-5-12-10-3-2-8(11)6-9(7)10;1-2/h2-6H,1H3;1-2H3. The Morgan fingerprint density at radius 1 is 1.14 bits per heavy atom. The quantitative estimate of drug-likeness (QED) is 0.679. The summed E-state index contributed by atoms with van der Waals surface area (Å²) in [6.45, 7) is 6.09. The van der Waals surface area contributed by atoms with Crippen molar-refractivity contribution in [1.29, 1.82) is 0 Å². The lowest BCUT2D eigenvalue weighted by Crippen LogP contribution is -1.81. The molecule has 0 aliphatic heterocycles. The van der Waals surface area contributed by atoms with Crippen LogP contribution in [0.4, 0.5) is 0 Å². The maximum Gasteiger partial charge on any atom is 0.0705 e. The molecule has 0 aliphatic rings. The van der Waals surface area contributed by atoms with Gasteiger partial charge in [-0.15, -0.1) is 0 Å². The Bertz CT molecular complexity index is 424. The van der Waals surface area contributed by atoms with Crippen LogP contribution in [-0.2, 0) is 0 Å². The maximum absolute atomic E-state index is 4.26. The molecule has 0 radical (unpaired) electrons. The van der Waals surface area contributed by atoms with E-state index in [0.29, 0.717) is 0 Å². The molecule has 1 heterocycles. The van der Waals surface area contributed by atoms with Gasteiger partial charge in [0.2, 0.25) is 0 Å². The molecule has 1 aromatic heterocycles. The number of hydrogen-bond donors (Lipinski definition) is 0. The van der Waals surface area contributed by atoms with Gasteiger partial charge in [-0.25, -0.2) is 0 Å². The molecule has 0 amide bonds. The monoisotopic (exact) mass is 251 g/mol. The van der Waals surface area contributed by atoms with Crippen molar-refractivity contribution in [2.24, 2.45) is 0 Å². The molecule has 14 heavy (non-hydrogen) atoms. The maximum atomic E-state index is 4.26. The fourth-order valence-electron chi connectivity index (χ4n) is 1.26. The molecule has 0 saturated carbocycles. The van der Waals surface area contributed by atoms with Gasteiger partial charge in [-0.05, 0) is 36.8 Å². The van der Waals surface area contributed by atoms with Crippen LogP contribution in [0, 0.1) is 6.92 Å². The third kappa shape index (κ3) is 2.32. The number of halogens is 1. The average molecular weight is 252 g/mol. The lowest BCUT2D eigenvalue weighted by molar-refractivity contribution is 1.37. The highest BCUT2D eigenvalue weighted by Crippen LogP contribution is 2.20. The molecule has 0 aliphatic carbocycles. The van der Waals surface area contributed by atoms with Crippen LogP contribution in [0.1, 0.15) is 19.4 Å². The molecule has 2 aromatic rings. The zero-order valence-corrected chi connectivity index (χ0v) is 10.3. The molecule has 0 unspecified atom stereocenters. The summed E-state index contributed by atoms with van der Waals surface area (Å²) in [6.07, 6.45) is 1.84. The summed E-state index contributed by atoms with van der Waals surface area (Å²) >= 11 is 3.44. The minimum Gasteiger partial charge on any atom is -0.256 e. The smallest absolute Gasteiger partial charge is 0.0705 e. The van der Waals surface area contributed by atoms with Gasteiger partial charge in [-0.1, -0.05) is 29.8 Å². The molecule has 0 N–H and O–H groups in total. The highest BCUT2D eigenvalue weighted by molar-refractivity contribution is 9.10. The Kier molecular flexibility index (Phi) is 4.08. The van der Waals surface area contributed by atoms with Crippen LogP contribution in [0.15, 0.2) is 34.9 Å². The first-order valence-electron chi connectivity index (χ1n) is 4.78. The minimum absolute atomic E-state index is 1.05. The van der Waals surface area contributed by atoms with Crippen LogP contribution in [0.2, 0.25) is 0 Å². The van der Waals surface area contributed by atoms with Crippen LogP contribution in [0.3, 0.4) is 0 Å². The third-order valence-electron chi connectivity index (χ3n) is 1.92. The molecule has 74 valence electrons. The molecular formula is C12H14BrN. The van der Waals surface area contributed by atoms with Crippen molar-refractivity contribution >= 4 is 26.8 Å². The predicted molar refractivity (Wildman–Crippen MR) is 65.5 cm³/mol. The second-order valence-corrected chi connectivity index (χ2v) is 3.70. The SMILES string of the molecule is CC.Cc1ccnc2ccc(Br)cc12. The Balaban J connectivity index is 0.000000461. The van der Waals surface area contributed by atoms with E-state index in [1.165, 1.54) is 10.9 Å². The van der Waals surface area contributed by atoms with E-state index < -0.39 is 0 Å². The van der Waals surface area contributed by atoms with Crippen molar-refractivity contribution in [3.05, 3.63) is 40.5 Å². The van der Waals surface area contributed by atoms with E-state index in [1.54, 1.807) is 0 Å². The summed E-state index contributed by atoms with van der Waals surface area (Å²) in [5.41, 5.74) is 2.32. The van der Waals surface area contributed by atoms with Crippen LogP contribution in [0.5, 0.6) is 0 Å². The van der Waals surface area contributed by atoms with E-state index in [2.05, 4.69) is 33.9 Å². The molecule has 0 atom stereocenters. The zero-order valence-electron chi connectivity index (χ0n) is 8.71. The molecule has 0 fully saturated rings. The highest BCUT2D eigenvalue weighted by Gasteiger charge is 1.97. The van der Waals surface area contributed by atoms with Gasteiger partial charge in [0.1, 0.15) is 0 Å². The van der Waals surface area contributed by atoms with Gasteiger partial charge < -0.3 is 0 Å². The summed E-state index contributed by atoms with van der Waals surface area (Å²) in [4.78, 5) is 4.26. The fraction of sp³-hybridized carbons (Fsp3) is 0.250. The Morgan fingerprint density at radius 3 is 2.57 bits per heavy atom. The minimum atomic E-state index is 1.05. The molecular weight excluding hydrogens is 238 g/mol. The Labute approximate surface area is 93.3 Å². The van der Waals surface area contributed by atoms with Gasteiger partial charge in [0, 0.05) is 16.1 Å². The summed E-state index contributed by atoms with van der Waals surface area (Å²) in [5.74, 6) is 0. The van der Waals surface area contributed by atoms with Crippen molar-refractivity contribution in [3.63, 3.8) is 0 Å². The van der Waals surface area contributed by atoms with Gasteiger partial charge >= 0.3 is 0 Å². The van der Waals surface area contributed by atoms with Crippen molar-refractivity contribution in [3.8, 4) is 0 Å². The molecule has 0 bridgehead atoms. The van der Waals surface area contributed by atoms with Crippen LogP contribution in [0.25, 0.3) is 10.9 Å². The number of benzene rings is 1. The van der Waals surface area contributed by atoms with Gasteiger partial charge in [-0.2, -0.15) is 0 Å². The van der Waals surface area contributed by atoms with E-state index in [4.69, 9.17) is 0 Å². The van der Waals surface area contributed by atoms with E-state index in [1.807, 2.05) is 38.2 Å². The van der Waals surface area contributed by atoms with Crippen LogP contribution < -0.4 is 0 Å². The zero-order chi connectivity index (χ0) is 10.6. The summed E-state index contributed by atoms with van der Waals surface area (Å²) in [6, 6.07) is 8.15. The number of hydrogen-bond acceptors (Lipinski definition) is 1. The van der Waals surface area contributed by atoms with E-state index in [0.717, 1.165) is 9.99 Å². The average Bonchev–Trinajstić information content (AvgIpc) is 2.22. The first-order chi connectivity index (χ1) is 6.77. The lowest BCUT2D eigenvalue weighted by Gasteiger charge is -2.00. The van der Waals surface area contributed by atoms with Gasteiger partial charge in [-0.3, -0.25) is 4.98 Å². The second-order valence-electron chi connectivity index (χ2n) is 2.79. The summed E-state index contributed by atoms with van der Waals surface area (Å²) < 4.78 is 1.10.